The van der Waals surface area contributed by atoms with E-state index in [1.165, 1.54) is 12.1 Å². The van der Waals surface area contributed by atoms with Gasteiger partial charge in [-0.05, 0) is 29.8 Å². The predicted molar refractivity (Wildman–Crippen MR) is 70.6 cm³/mol. The van der Waals surface area contributed by atoms with Crippen LogP contribution in [0.5, 0.6) is 0 Å². The third-order valence-corrected chi connectivity index (χ3v) is 2.84. The molecule has 0 radical (unpaired) electrons. The van der Waals surface area contributed by atoms with E-state index in [9.17, 15) is 18.4 Å². The summed E-state index contributed by atoms with van der Waals surface area (Å²) in [5.74, 6) is -4.25. The SMILES string of the molecule is O=C(N[C@H](C(=O)O)c1ccc(F)c(F)c1)c1ccccc1. The van der Waals surface area contributed by atoms with Gasteiger partial charge >= 0.3 is 5.97 Å². The van der Waals surface area contributed by atoms with Crippen LogP contribution >= 0.6 is 0 Å². The highest BCUT2D eigenvalue weighted by Gasteiger charge is 2.23. The molecule has 0 saturated heterocycles. The zero-order valence-corrected chi connectivity index (χ0v) is 10.7. The highest BCUT2D eigenvalue weighted by molar-refractivity contribution is 5.96. The highest BCUT2D eigenvalue weighted by Crippen LogP contribution is 2.17. The fourth-order valence-electron chi connectivity index (χ4n) is 1.78. The fraction of sp³-hybridized carbons (Fsp3) is 0.0667. The van der Waals surface area contributed by atoms with E-state index in [1.807, 2.05) is 0 Å². The van der Waals surface area contributed by atoms with E-state index < -0.39 is 29.6 Å². The third-order valence-electron chi connectivity index (χ3n) is 2.84. The molecular weight excluding hydrogens is 280 g/mol. The maximum Gasteiger partial charge on any atom is 0.330 e. The van der Waals surface area contributed by atoms with E-state index >= 15 is 0 Å². The van der Waals surface area contributed by atoms with Crippen molar-refractivity contribution >= 4 is 11.9 Å². The number of rotatable bonds is 4. The van der Waals surface area contributed by atoms with Crippen LogP contribution in [0.3, 0.4) is 0 Å². The van der Waals surface area contributed by atoms with Crippen LogP contribution in [0.25, 0.3) is 0 Å². The Morgan fingerprint density at radius 3 is 2.24 bits per heavy atom. The lowest BCUT2D eigenvalue weighted by Gasteiger charge is -2.15. The monoisotopic (exact) mass is 291 g/mol. The summed E-state index contributed by atoms with van der Waals surface area (Å²) in [6, 6.07) is 9.20. The topological polar surface area (TPSA) is 66.4 Å². The first-order valence-corrected chi connectivity index (χ1v) is 6.02. The second-order valence-electron chi connectivity index (χ2n) is 4.28. The lowest BCUT2D eigenvalue weighted by atomic mass is 10.1. The second kappa shape index (κ2) is 6.13. The van der Waals surface area contributed by atoms with Gasteiger partial charge in [0.15, 0.2) is 17.7 Å². The van der Waals surface area contributed by atoms with Gasteiger partial charge in [-0.3, -0.25) is 4.79 Å². The average Bonchev–Trinajstić information content (AvgIpc) is 2.48. The molecule has 2 aromatic rings. The van der Waals surface area contributed by atoms with E-state index in [0.717, 1.165) is 18.2 Å². The van der Waals surface area contributed by atoms with Crippen LogP contribution in [0.1, 0.15) is 22.0 Å². The third kappa shape index (κ3) is 3.42. The van der Waals surface area contributed by atoms with Crippen molar-refractivity contribution < 1.29 is 23.5 Å². The van der Waals surface area contributed by atoms with Crippen LogP contribution in [0, 0.1) is 11.6 Å². The van der Waals surface area contributed by atoms with Crippen molar-refractivity contribution in [2.45, 2.75) is 6.04 Å². The molecule has 0 aliphatic heterocycles. The molecule has 4 nitrogen and oxygen atoms in total. The van der Waals surface area contributed by atoms with Crippen LogP contribution in [0.15, 0.2) is 48.5 Å². The van der Waals surface area contributed by atoms with E-state index in [0.29, 0.717) is 0 Å². The Morgan fingerprint density at radius 2 is 1.67 bits per heavy atom. The van der Waals surface area contributed by atoms with Gasteiger partial charge in [-0.2, -0.15) is 0 Å². The number of aliphatic carboxylic acids is 1. The van der Waals surface area contributed by atoms with Crippen LogP contribution in [0.2, 0.25) is 0 Å². The van der Waals surface area contributed by atoms with E-state index in [1.54, 1.807) is 18.2 Å². The molecule has 6 heteroatoms. The number of nitrogens with one attached hydrogen (secondary N) is 1. The van der Waals surface area contributed by atoms with Crippen LogP contribution in [-0.4, -0.2) is 17.0 Å². The molecule has 0 unspecified atom stereocenters. The largest absolute Gasteiger partial charge is 0.479 e. The minimum Gasteiger partial charge on any atom is -0.479 e. The summed E-state index contributed by atoms with van der Waals surface area (Å²) in [6.45, 7) is 0. The van der Waals surface area contributed by atoms with E-state index in [2.05, 4.69) is 5.32 Å². The number of carbonyl (C=O) groups is 2. The normalized spacial score (nSPS) is 11.7. The fourth-order valence-corrected chi connectivity index (χ4v) is 1.78. The zero-order valence-electron chi connectivity index (χ0n) is 10.7. The summed E-state index contributed by atoms with van der Waals surface area (Å²) in [6.07, 6.45) is 0. The molecule has 0 fully saturated rings. The first-order chi connectivity index (χ1) is 9.99. The molecular formula is C15H11F2NO3. The number of amides is 1. The summed E-state index contributed by atoms with van der Waals surface area (Å²) < 4.78 is 26.1. The maximum absolute atomic E-state index is 13.2. The van der Waals surface area contributed by atoms with Gasteiger partial charge in [0.1, 0.15) is 0 Å². The van der Waals surface area contributed by atoms with Crippen molar-refractivity contribution in [2.24, 2.45) is 0 Å². The van der Waals surface area contributed by atoms with Gasteiger partial charge in [0.2, 0.25) is 0 Å². The van der Waals surface area contributed by atoms with Crippen molar-refractivity contribution in [3.8, 4) is 0 Å². The lowest BCUT2D eigenvalue weighted by Crippen LogP contribution is -2.33. The van der Waals surface area contributed by atoms with Gasteiger partial charge < -0.3 is 10.4 Å². The Labute approximate surface area is 119 Å². The van der Waals surface area contributed by atoms with Crippen molar-refractivity contribution in [1.82, 2.24) is 5.32 Å². The molecule has 0 bridgehead atoms. The molecule has 0 aliphatic carbocycles. The molecule has 1 amide bonds. The minimum absolute atomic E-state index is 0.0503. The Hall–Kier alpha value is -2.76. The standard InChI is InChI=1S/C15H11F2NO3/c16-11-7-6-10(8-12(11)17)13(15(20)21)18-14(19)9-4-2-1-3-5-9/h1-8,13H,(H,18,19)(H,20,21)/t13-/m0/s1. The summed E-state index contributed by atoms with van der Waals surface area (Å²) in [5, 5.41) is 11.4. The summed E-state index contributed by atoms with van der Waals surface area (Å²) in [5.41, 5.74) is 0.219. The number of carboxylic acid groups (broad SMARTS) is 1. The quantitative estimate of drug-likeness (QED) is 0.909. The molecule has 0 spiro atoms. The Morgan fingerprint density at radius 1 is 1.00 bits per heavy atom. The van der Waals surface area contributed by atoms with Crippen LogP contribution in [-0.2, 0) is 4.79 Å². The molecule has 0 saturated carbocycles. The van der Waals surface area contributed by atoms with Gasteiger partial charge in [-0.1, -0.05) is 24.3 Å². The van der Waals surface area contributed by atoms with Crippen molar-refractivity contribution in [2.75, 3.05) is 0 Å². The van der Waals surface area contributed by atoms with Gasteiger partial charge in [0.05, 0.1) is 0 Å². The Balaban J connectivity index is 2.26. The van der Waals surface area contributed by atoms with Crippen molar-refractivity contribution in [1.29, 1.82) is 0 Å². The Bertz CT molecular complexity index is 674. The number of carboxylic acids is 1. The van der Waals surface area contributed by atoms with Crippen molar-refractivity contribution in [3.05, 3.63) is 71.3 Å². The average molecular weight is 291 g/mol. The van der Waals surface area contributed by atoms with Crippen LogP contribution in [0.4, 0.5) is 8.78 Å². The molecule has 2 aromatic carbocycles. The molecule has 2 N–H and O–H groups in total. The zero-order chi connectivity index (χ0) is 15.4. The molecule has 108 valence electrons. The van der Waals surface area contributed by atoms with E-state index in [-0.39, 0.29) is 11.1 Å². The summed E-state index contributed by atoms with van der Waals surface area (Å²) in [4.78, 5) is 23.2. The summed E-state index contributed by atoms with van der Waals surface area (Å²) in [7, 11) is 0. The maximum atomic E-state index is 13.2. The first-order valence-electron chi connectivity index (χ1n) is 6.02. The van der Waals surface area contributed by atoms with E-state index in [4.69, 9.17) is 5.11 Å². The molecule has 1 atom stereocenters. The minimum atomic E-state index is -1.46. The van der Waals surface area contributed by atoms with Gasteiger partial charge in [-0.25, -0.2) is 13.6 Å². The molecule has 21 heavy (non-hydrogen) atoms. The van der Waals surface area contributed by atoms with Gasteiger partial charge in [0.25, 0.3) is 5.91 Å². The molecule has 0 heterocycles. The first kappa shape index (κ1) is 14.6. The predicted octanol–water partition coefficient (Wildman–Crippen LogP) is 2.52. The van der Waals surface area contributed by atoms with Gasteiger partial charge in [-0.15, -0.1) is 0 Å². The Kier molecular flexibility index (Phi) is 4.27. The van der Waals surface area contributed by atoms with Gasteiger partial charge in [0, 0.05) is 5.56 Å². The summed E-state index contributed by atoms with van der Waals surface area (Å²) >= 11 is 0. The number of carbonyl (C=O) groups excluding carboxylic acids is 1. The number of halogens is 2. The molecule has 2 rings (SSSR count). The van der Waals surface area contributed by atoms with Crippen molar-refractivity contribution in [3.63, 3.8) is 0 Å². The smallest absolute Gasteiger partial charge is 0.330 e. The highest BCUT2D eigenvalue weighted by atomic mass is 19.2. The second-order valence-corrected chi connectivity index (χ2v) is 4.28. The lowest BCUT2D eigenvalue weighted by molar-refractivity contribution is -0.139. The van der Waals surface area contributed by atoms with Crippen LogP contribution < -0.4 is 5.32 Å². The molecule has 0 aromatic heterocycles. The molecule has 0 aliphatic rings. The number of hydrogen-bond donors (Lipinski definition) is 2. The number of hydrogen-bond acceptors (Lipinski definition) is 2. The number of benzene rings is 2.